The molecule has 1 rings (SSSR count). The fourth-order valence-corrected chi connectivity index (χ4v) is 1.28. The lowest BCUT2D eigenvalue weighted by atomic mass is 10.0. The molecule has 1 saturated heterocycles. The molecule has 0 aliphatic carbocycles. The third-order valence-electron chi connectivity index (χ3n) is 1.83. The number of hydrogen-bond acceptors (Lipinski definition) is 2. The maximum atomic E-state index is 5.37. The van der Waals surface area contributed by atoms with Gasteiger partial charge in [-0.3, -0.25) is 0 Å². The lowest BCUT2D eigenvalue weighted by Gasteiger charge is -2.13. The van der Waals surface area contributed by atoms with Gasteiger partial charge in [0.2, 0.25) is 0 Å². The van der Waals surface area contributed by atoms with E-state index < -0.39 is 0 Å². The lowest BCUT2D eigenvalue weighted by Crippen LogP contribution is -2.20. The fourth-order valence-electron chi connectivity index (χ4n) is 1.28. The van der Waals surface area contributed by atoms with Gasteiger partial charge in [-0.1, -0.05) is 13.8 Å². The van der Waals surface area contributed by atoms with Crippen molar-refractivity contribution in [3.05, 3.63) is 12.5 Å². The minimum Gasteiger partial charge on any atom is -0.459 e. The Hall–Kier alpha value is -0.660. The predicted octanol–water partition coefficient (Wildman–Crippen LogP) is 2.31. The molecule has 0 aromatic rings. The molecule has 1 aliphatic heterocycles. The molecule has 1 fully saturated rings. The zero-order valence-corrected chi connectivity index (χ0v) is 7.46. The van der Waals surface area contributed by atoms with Crippen LogP contribution in [0.1, 0.15) is 27.2 Å². The standard InChI is InChI=1S/C9H16O2/c1-6(2)5-9-7(3)10-8(4)11-9/h6-7,9H,4-5H2,1-3H3. The van der Waals surface area contributed by atoms with E-state index in [2.05, 4.69) is 20.4 Å². The van der Waals surface area contributed by atoms with Gasteiger partial charge in [-0.2, -0.15) is 0 Å². The molecule has 11 heavy (non-hydrogen) atoms. The van der Waals surface area contributed by atoms with Crippen LogP contribution in [0.25, 0.3) is 0 Å². The highest BCUT2D eigenvalue weighted by Crippen LogP contribution is 2.25. The van der Waals surface area contributed by atoms with Gasteiger partial charge in [-0.15, -0.1) is 0 Å². The van der Waals surface area contributed by atoms with Crippen molar-refractivity contribution >= 4 is 0 Å². The maximum absolute atomic E-state index is 5.37. The van der Waals surface area contributed by atoms with E-state index >= 15 is 0 Å². The Labute approximate surface area is 68.2 Å². The third kappa shape index (κ3) is 2.14. The van der Waals surface area contributed by atoms with Crippen LogP contribution in [0.4, 0.5) is 0 Å². The van der Waals surface area contributed by atoms with Gasteiger partial charge in [0.15, 0.2) is 0 Å². The van der Waals surface area contributed by atoms with Gasteiger partial charge in [-0.25, -0.2) is 0 Å². The average molecular weight is 156 g/mol. The van der Waals surface area contributed by atoms with Crippen LogP contribution in [0.3, 0.4) is 0 Å². The van der Waals surface area contributed by atoms with Crippen LogP contribution >= 0.6 is 0 Å². The van der Waals surface area contributed by atoms with Crippen molar-refractivity contribution in [2.75, 3.05) is 0 Å². The number of rotatable bonds is 2. The normalized spacial score (nSPS) is 30.4. The molecule has 0 amide bonds. The van der Waals surface area contributed by atoms with E-state index in [0.29, 0.717) is 11.9 Å². The zero-order chi connectivity index (χ0) is 8.43. The van der Waals surface area contributed by atoms with Gasteiger partial charge in [0.1, 0.15) is 12.2 Å². The second kappa shape index (κ2) is 3.16. The van der Waals surface area contributed by atoms with Crippen LogP contribution in [0, 0.1) is 5.92 Å². The first-order valence-corrected chi connectivity index (χ1v) is 4.12. The molecule has 1 aliphatic rings. The molecule has 0 radical (unpaired) electrons. The van der Waals surface area contributed by atoms with Gasteiger partial charge in [0.05, 0.1) is 0 Å². The second-order valence-corrected chi connectivity index (χ2v) is 3.48. The number of ether oxygens (including phenoxy) is 2. The summed E-state index contributed by atoms with van der Waals surface area (Å²) in [7, 11) is 0. The van der Waals surface area contributed by atoms with Crippen LogP contribution in [0.15, 0.2) is 12.5 Å². The molecule has 0 bridgehead atoms. The van der Waals surface area contributed by atoms with Crippen molar-refractivity contribution in [2.45, 2.75) is 39.4 Å². The fraction of sp³-hybridized carbons (Fsp3) is 0.778. The molecule has 2 nitrogen and oxygen atoms in total. The highest BCUT2D eigenvalue weighted by molar-refractivity contribution is 4.85. The smallest absolute Gasteiger partial charge is 0.272 e. The van der Waals surface area contributed by atoms with E-state index in [1.807, 2.05) is 6.92 Å². The summed E-state index contributed by atoms with van der Waals surface area (Å²) in [4.78, 5) is 0. The topological polar surface area (TPSA) is 18.5 Å². The minimum absolute atomic E-state index is 0.171. The van der Waals surface area contributed by atoms with Crippen molar-refractivity contribution in [1.82, 2.24) is 0 Å². The number of hydrogen-bond donors (Lipinski definition) is 0. The molecule has 0 aromatic carbocycles. The molecule has 0 N–H and O–H groups in total. The summed E-state index contributed by atoms with van der Waals surface area (Å²) in [5, 5.41) is 0. The maximum Gasteiger partial charge on any atom is 0.272 e. The van der Waals surface area contributed by atoms with Crippen LogP contribution in [0.5, 0.6) is 0 Å². The zero-order valence-electron chi connectivity index (χ0n) is 7.46. The Kier molecular flexibility index (Phi) is 2.42. The molecule has 1 heterocycles. The minimum atomic E-state index is 0.171. The molecular formula is C9H16O2. The van der Waals surface area contributed by atoms with Gasteiger partial charge >= 0.3 is 0 Å². The largest absolute Gasteiger partial charge is 0.459 e. The van der Waals surface area contributed by atoms with Crippen molar-refractivity contribution in [3.8, 4) is 0 Å². The molecule has 2 heteroatoms. The van der Waals surface area contributed by atoms with Crippen LogP contribution in [-0.4, -0.2) is 12.2 Å². The van der Waals surface area contributed by atoms with E-state index in [1.54, 1.807) is 0 Å². The highest BCUT2D eigenvalue weighted by atomic mass is 16.7. The van der Waals surface area contributed by atoms with Crippen molar-refractivity contribution in [2.24, 2.45) is 5.92 Å². The third-order valence-corrected chi connectivity index (χ3v) is 1.83. The Balaban J connectivity index is 2.40. The van der Waals surface area contributed by atoms with Crippen molar-refractivity contribution in [3.63, 3.8) is 0 Å². The summed E-state index contributed by atoms with van der Waals surface area (Å²) in [6, 6.07) is 0. The highest BCUT2D eigenvalue weighted by Gasteiger charge is 2.29. The van der Waals surface area contributed by atoms with E-state index in [4.69, 9.17) is 9.47 Å². The van der Waals surface area contributed by atoms with E-state index in [9.17, 15) is 0 Å². The van der Waals surface area contributed by atoms with Crippen molar-refractivity contribution in [1.29, 1.82) is 0 Å². The summed E-state index contributed by atoms with van der Waals surface area (Å²) in [5.41, 5.74) is 0. The predicted molar refractivity (Wildman–Crippen MR) is 44.0 cm³/mol. The Bertz CT molecular complexity index is 152. The molecule has 0 spiro atoms. The van der Waals surface area contributed by atoms with Crippen LogP contribution < -0.4 is 0 Å². The summed E-state index contributed by atoms with van der Waals surface area (Å²) in [5.74, 6) is 1.13. The summed E-state index contributed by atoms with van der Waals surface area (Å²) >= 11 is 0. The SMILES string of the molecule is C=C1OC(C)C(CC(C)C)O1. The van der Waals surface area contributed by atoms with Crippen LogP contribution in [-0.2, 0) is 9.47 Å². The second-order valence-electron chi connectivity index (χ2n) is 3.48. The first-order valence-electron chi connectivity index (χ1n) is 4.12. The van der Waals surface area contributed by atoms with E-state index in [1.165, 1.54) is 0 Å². The van der Waals surface area contributed by atoms with E-state index in [-0.39, 0.29) is 12.2 Å². The molecule has 0 aromatic heterocycles. The van der Waals surface area contributed by atoms with E-state index in [0.717, 1.165) is 6.42 Å². The monoisotopic (exact) mass is 156 g/mol. The summed E-state index contributed by atoms with van der Waals surface area (Å²) in [6.45, 7) is 9.99. The summed E-state index contributed by atoms with van der Waals surface area (Å²) < 4.78 is 10.6. The average Bonchev–Trinajstić information content (AvgIpc) is 2.09. The lowest BCUT2D eigenvalue weighted by molar-refractivity contribution is 0.129. The first kappa shape index (κ1) is 8.44. The Morgan fingerprint density at radius 2 is 2.09 bits per heavy atom. The quantitative estimate of drug-likeness (QED) is 0.610. The summed E-state index contributed by atoms with van der Waals surface area (Å²) in [6.07, 6.45) is 1.42. The first-order chi connectivity index (χ1) is 5.09. The molecule has 2 atom stereocenters. The van der Waals surface area contributed by atoms with Crippen LogP contribution in [0.2, 0.25) is 0 Å². The molecule has 0 saturated carbocycles. The Morgan fingerprint density at radius 3 is 2.45 bits per heavy atom. The van der Waals surface area contributed by atoms with Gasteiger partial charge in [0, 0.05) is 0 Å². The van der Waals surface area contributed by atoms with Gasteiger partial charge in [-0.05, 0) is 25.8 Å². The molecular weight excluding hydrogens is 140 g/mol. The van der Waals surface area contributed by atoms with Gasteiger partial charge < -0.3 is 9.47 Å². The van der Waals surface area contributed by atoms with Gasteiger partial charge in [0.25, 0.3) is 5.95 Å². The molecule has 2 unspecified atom stereocenters. The molecule has 64 valence electrons. The Morgan fingerprint density at radius 1 is 1.45 bits per heavy atom. The van der Waals surface area contributed by atoms with Crippen molar-refractivity contribution < 1.29 is 9.47 Å².